The fourth-order valence-electron chi connectivity index (χ4n) is 2.73. The average molecular weight is 292 g/mol. The first-order valence-electron chi connectivity index (χ1n) is 7.49. The Hall–Kier alpha value is -0.510. The molecular formula is C17H28N2S. The van der Waals surface area contributed by atoms with Gasteiger partial charge in [0.2, 0.25) is 0 Å². The average Bonchev–Trinajstić information content (AvgIpc) is 2.62. The Balaban J connectivity index is 1.94. The summed E-state index contributed by atoms with van der Waals surface area (Å²) in [5.41, 5.74) is 1.68. The van der Waals surface area contributed by atoms with E-state index < -0.39 is 0 Å². The van der Waals surface area contributed by atoms with E-state index in [1.807, 2.05) is 11.9 Å². The molecule has 1 saturated heterocycles. The van der Waals surface area contributed by atoms with Crippen molar-refractivity contribution in [3.05, 3.63) is 35.9 Å². The van der Waals surface area contributed by atoms with Gasteiger partial charge in [0, 0.05) is 29.4 Å². The smallest absolute Gasteiger partial charge is 0.0317 e. The molecule has 0 bridgehead atoms. The highest BCUT2D eigenvalue weighted by molar-refractivity contribution is 7.98. The van der Waals surface area contributed by atoms with Crippen LogP contribution in [0.2, 0.25) is 0 Å². The number of likely N-dealkylation sites (tertiary alicyclic amines) is 1. The molecule has 0 amide bonds. The second-order valence-electron chi connectivity index (χ2n) is 7.41. The van der Waals surface area contributed by atoms with Gasteiger partial charge < -0.3 is 0 Å². The van der Waals surface area contributed by atoms with E-state index in [9.17, 15) is 0 Å². The van der Waals surface area contributed by atoms with Gasteiger partial charge in [-0.3, -0.25) is 9.62 Å². The Morgan fingerprint density at radius 1 is 1.25 bits per heavy atom. The summed E-state index contributed by atoms with van der Waals surface area (Å²) in [7, 11) is 0. The van der Waals surface area contributed by atoms with Crippen molar-refractivity contribution in [2.24, 2.45) is 0 Å². The van der Waals surface area contributed by atoms with Crippen LogP contribution in [0.15, 0.2) is 30.3 Å². The number of rotatable bonds is 4. The fraction of sp³-hybridized carbons (Fsp3) is 0.647. The molecule has 1 heterocycles. The Morgan fingerprint density at radius 2 is 1.90 bits per heavy atom. The topological polar surface area (TPSA) is 15.3 Å². The zero-order chi connectivity index (χ0) is 14.8. The molecule has 0 aliphatic carbocycles. The summed E-state index contributed by atoms with van der Waals surface area (Å²) < 4.78 is 3.94. The van der Waals surface area contributed by atoms with Gasteiger partial charge in [-0.2, -0.15) is 0 Å². The van der Waals surface area contributed by atoms with E-state index in [-0.39, 0.29) is 10.3 Å². The molecule has 1 aliphatic rings. The standard InChI is InChI=1S/C17H28N2S/c1-16(2,3)20-18-15-11-17(4,5)19(13-15)12-14-9-7-6-8-10-14/h6-10,15,18H,11-13H2,1-5H3. The number of nitrogens with zero attached hydrogens (tertiary/aromatic N) is 1. The van der Waals surface area contributed by atoms with Crippen molar-refractivity contribution in [2.75, 3.05) is 6.54 Å². The molecule has 1 aromatic rings. The van der Waals surface area contributed by atoms with Crippen LogP contribution in [-0.4, -0.2) is 27.8 Å². The molecule has 0 aromatic heterocycles. The fourth-order valence-corrected chi connectivity index (χ4v) is 3.41. The lowest BCUT2D eigenvalue weighted by Gasteiger charge is -2.31. The molecule has 0 saturated carbocycles. The SMILES string of the molecule is CC(C)(C)SNC1CN(Cc2ccccc2)C(C)(C)C1. The van der Waals surface area contributed by atoms with E-state index in [4.69, 9.17) is 0 Å². The van der Waals surface area contributed by atoms with Gasteiger partial charge in [-0.15, -0.1) is 0 Å². The van der Waals surface area contributed by atoms with Crippen molar-refractivity contribution in [2.45, 2.75) is 63.9 Å². The van der Waals surface area contributed by atoms with Crippen molar-refractivity contribution in [3.8, 4) is 0 Å². The zero-order valence-corrected chi connectivity index (χ0v) is 14.3. The third-order valence-corrected chi connectivity index (χ3v) is 4.85. The molecule has 2 rings (SSSR count). The Morgan fingerprint density at radius 3 is 2.50 bits per heavy atom. The molecule has 1 fully saturated rings. The molecule has 1 unspecified atom stereocenters. The van der Waals surface area contributed by atoms with Crippen LogP contribution in [-0.2, 0) is 6.54 Å². The minimum atomic E-state index is 0.270. The second-order valence-corrected chi connectivity index (χ2v) is 9.08. The van der Waals surface area contributed by atoms with Crippen LogP contribution in [0.1, 0.15) is 46.6 Å². The van der Waals surface area contributed by atoms with Crippen molar-refractivity contribution in [1.29, 1.82) is 0 Å². The largest absolute Gasteiger partial charge is 0.292 e. The third-order valence-electron chi connectivity index (χ3n) is 3.79. The van der Waals surface area contributed by atoms with Gasteiger partial charge in [0.05, 0.1) is 0 Å². The van der Waals surface area contributed by atoms with Crippen LogP contribution >= 0.6 is 11.9 Å². The van der Waals surface area contributed by atoms with E-state index in [0.717, 1.165) is 13.1 Å². The van der Waals surface area contributed by atoms with E-state index in [2.05, 4.69) is 74.6 Å². The molecule has 1 atom stereocenters. The minimum Gasteiger partial charge on any atom is -0.292 e. The van der Waals surface area contributed by atoms with Crippen molar-refractivity contribution in [1.82, 2.24) is 9.62 Å². The van der Waals surface area contributed by atoms with Crippen LogP contribution in [0.5, 0.6) is 0 Å². The zero-order valence-electron chi connectivity index (χ0n) is 13.4. The summed E-state index contributed by atoms with van der Waals surface area (Å²) in [5.74, 6) is 0. The molecule has 2 nitrogen and oxygen atoms in total. The van der Waals surface area contributed by atoms with Crippen molar-refractivity contribution in [3.63, 3.8) is 0 Å². The number of hydrogen-bond donors (Lipinski definition) is 1. The summed E-state index contributed by atoms with van der Waals surface area (Å²) >= 11 is 1.86. The highest BCUT2D eigenvalue weighted by Crippen LogP contribution is 2.32. The monoisotopic (exact) mass is 292 g/mol. The van der Waals surface area contributed by atoms with Crippen LogP contribution in [0.3, 0.4) is 0 Å². The lowest BCUT2D eigenvalue weighted by atomic mass is 10.00. The second kappa shape index (κ2) is 6.08. The Bertz CT molecular complexity index is 422. The number of benzene rings is 1. The van der Waals surface area contributed by atoms with E-state index in [0.29, 0.717) is 6.04 Å². The highest BCUT2D eigenvalue weighted by atomic mass is 32.2. The van der Waals surface area contributed by atoms with Gasteiger partial charge in [-0.05, 0) is 46.6 Å². The molecule has 0 spiro atoms. The lowest BCUT2D eigenvalue weighted by Crippen LogP contribution is -2.37. The molecule has 20 heavy (non-hydrogen) atoms. The van der Waals surface area contributed by atoms with Crippen LogP contribution in [0, 0.1) is 0 Å². The first kappa shape index (κ1) is 15.9. The van der Waals surface area contributed by atoms with Gasteiger partial charge in [0.15, 0.2) is 0 Å². The number of nitrogens with one attached hydrogen (secondary N) is 1. The van der Waals surface area contributed by atoms with E-state index in [1.165, 1.54) is 12.0 Å². The summed E-state index contributed by atoms with van der Waals surface area (Å²) in [4.78, 5) is 2.60. The quantitative estimate of drug-likeness (QED) is 0.842. The molecular weight excluding hydrogens is 264 g/mol. The van der Waals surface area contributed by atoms with Gasteiger partial charge in [-0.1, -0.05) is 42.3 Å². The summed E-state index contributed by atoms with van der Waals surface area (Å²) in [6, 6.07) is 11.4. The summed E-state index contributed by atoms with van der Waals surface area (Å²) in [6.45, 7) is 13.7. The van der Waals surface area contributed by atoms with Gasteiger partial charge >= 0.3 is 0 Å². The van der Waals surface area contributed by atoms with Crippen LogP contribution in [0.25, 0.3) is 0 Å². The van der Waals surface area contributed by atoms with Crippen LogP contribution in [0.4, 0.5) is 0 Å². The van der Waals surface area contributed by atoms with E-state index >= 15 is 0 Å². The Kier molecular flexibility index (Phi) is 4.83. The first-order chi connectivity index (χ1) is 9.26. The summed E-state index contributed by atoms with van der Waals surface area (Å²) in [5, 5.41) is 0. The normalized spacial score (nSPS) is 23.1. The predicted octanol–water partition coefficient (Wildman–Crippen LogP) is 4.08. The Labute approximate surface area is 128 Å². The molecule has 1 aliphatic heterocycles. The van der Waals surface area contributed by atoms with Crippen molar-refractivity contribution < 1.29 is 0 Å². The maximum absolute atomic E-state index is 3.67. The first-order valence-corrected chi connectivity index (χ1v) is 8.30. The molecule has 1 aromatic carbocycles. The molecule has 112 valence electrons. The third kappa shape index (κ3) is 4.51. The van der Waals surface area contributed by atoms with Gasteiger partial charge in [-0.25, -0.2) is 0 Å². The molecule has 1 N–H and O–H groups in total. The van der Waals surface area contributed by atoms with Crippen LogP contribution < -0.4 is 4.72 Å². The highest BCUT2D eigenvalue weighted by Gasteiger charge is 2.38. The minimum absolute atomic E-state index is 0.270. The van der Waals surface area contributed by atoms with Gasteiger partial charge in [0.1, 0.15) is 0 Å². The summed E-state index contributed by atoms with van der Waals surface area (Å²) in [6.07, 6.45) is 1.21. The maximum atomic E-state index is 3.67. The van der Waals surface area contributed by atoms with Crippen molar-refractivity contribution >= 4 is 11.9 Å². The van der Waals surface area contributed by atoms with E-state index in [1.54, 1.807) is 0 Å². The lowest BCUT2D eigenvalue weighted by molar-refractivity contribution is 0.166. The maximum Gasteiger partial charge on any atom is 0.0317 e. The van der Waals surface area contributed by atoms with Gasteiger partial charge in [0.25, 0.3) is 0 Å². The number of hydrogen-bond acceptors (Lipinski definition) is 3. The molecule has 3 heteroatoms. The predicted molar refractivity (Wildman–Crippen MR) is 89.8 cm³/mol. The molecule has 0 radical (unpaired) electrons.